The van der Waals surface area contributed by atoms with Crippen molar-refractivity contribution in [2.45, 2.75) is 6.42 Å². The second-order valence-corrected chi connectivity index (χ2v) is 5.55. The number of rotatable bonds is 9. The van der Waals surface area contributed by atoms with Crippen LogP contribution >= 0.6 is 11.6 Å². The zero-order valence-electron chi connectivity index (χ0n) is 14.8. The first-order chi connectivity index (χ1) is 13.0. The topological polar surface area (TPSA) is 112 Å². The third kappa shape index (κ3) is 6.30. The van der Waals surface area contributed by atoms with E-state index in [-0.39, 0.29) is 13.0 Å². The lowest BCUT2D eigenvalue weighted by Gasteiger charge is -2.13. The Balaban J connectivity index is 1.78. The Morgan fingerprint density at radius 1 is 1.11 bits per heavy atom. The van der Waals surface area contributed by atoms with Gasteiger partial charge in [0.15, 0.2) is 6.61 Å². The first-order valence-electron chi connectivity index (χ1n) is 7.91. The minimum atomic E-state index is -0.534. The van der Waals surface area contributed by atoms with Gasteiger partial charge in [-0.1, -0.05) is 11.6 Å². The van der Waals surface area contributed by atoms with Crippen molar-refractivity contribution in [1.82, 2.24) is 9.97 Å². The number of hydrogen-bond acceptors (Lipinski definition) is 8. The van der Waals surface area contributed by atoms with Crippen LogP contribution in [0.25, 0.3) is 0 Å². The summed E-state index contributed by atoms with van der Waals surface area (Å²) in [5, 5.41) is 5.75. The molecule has 10 heteroatoms. The summed E-state index contributed by atoms with van der Waals surface area (Å²) in [6, 6.07) is 4.72. The molecule has 2 aromatic rings. The van der Waals surface area contributed by atoms with Gasteiger partial charge in [0, 0.05) is 25.0 Å². The molecule has 0 atom stereocenters. The number of nitrogens with one attached hydrogen (secondary N) is 2. The molecule has 0 aliphatic carbocycles. The van der Waals surface area contributed by atoms with E-state index in [0.29, 0.717) is 28.2 Å². The summed E-state index contributed by atoms with van der Waals surface area (Å²) in [5.74, 6) is 0.123. The third-order valence-electron chi connectivity index (χ3n) is 3.29. The number of esters is 1. The van der Waals surface area contributed by atoms with E-state index in [2.05, 4.69) is 20.6 Å². The van der Waals surface area contributed by atoms with E-state index >= 15 is 0 Å². The van der Waals surface area contributed by atoms with Crippen molar-refractivity contribution in [1.29, 1.82) is 0 Å². The van der Waals surface area contributed by atoms with Gasteiger partial charge in [-0.15, -0.1) is 0 Å². The molecule has 1 heterocycles. The molecule has 0 saturated heterocycles. The summed E-state index contributed by atoms with van der Waals surface area (Å²) in [6.45, 7) is -0.153. The maximum Gasteiger partial charge on any atom is 0.308 e. The van der Waals surface area contributed by atoms with E-state index in [9.17, 15) is 9.59 Å². The van der Waals surface area contributed by atoms with Gasteiger partial charge < -0.3 is 24.8 Å². The quantitative estimate of drug-likeness (QED) is 0.622. The summed E-state index contributed by atoms with van der Waals surface area (Å²) >= 11 is 6.04. The van der Waals surface area contributed by atoms with Gasteiger partial charge in [0.1, 0.15) is 11.5 Å². The van der Waals surface area contributed by atoms with Gasteiger partial charge in [0.05, 0.1) is 31.4 Å². The van der Waals surface area contributed by atoms with Crippen molar-refractivity contribution < 1.29 is 23.8 Å². The fraction of sp³-hybridized carbons (Fsp3) is 0.294. The van der Waals surface area contributed by atoms with E-state index in [0.717, 1.165) is 0 Å². The molecule has 0 unspecified atom stereocenters. The zero-order chi connectivity index (χ0) is 19.6. The molecular weight excluding hydrogens is 376 g/mol. The van der Waals surface area contributed by atoms with Crippen LogP contribution in [0.3, 0.4) is 0 Å². The van der Waals surface area contributed by atoms with Gasteiger partial charge in [-0.05, 0) is 12.1 Å². The van der Waals surface area contributed by atoms with Crippen LogP contribution in [0.5, 0.6) is 11.5 Å². The van der Waals surface area contributed by atoms with Crippen LogP contribution in [0.15, 0.2) is 30.6 Å². The average molecular weight is 395 g/mol. The van der Waals surface area contributed by atoms with E-state index in [1.54, 1.807) is 24.5 Å². The number of anilines is 2. The Hall–Kier alpha value is -3.07. The molecule has 1 amide bonds. The van der Waals surface area contributed by atoms with Crippen LogP contribution in [-0.4, -0.2) is 49.2 Å². The number of ether oxygens (including phenoxy) is 3. The lowest BCUT2D eigenvalue weighted by atomic mass is 10.2. The number of nitrogens with zero attached hydrogens (tertiary/aromatic N) is 2. The van der Waals surface area contributed by atoms with Crippen LogP contribution in [-0.2, 0) is 14.3 Å². The first kappa shape index (κ1) is 20.2. The molecule has 2 N–H and O–H groups in total. The molecule has 2 rings (SSSR count). The Morgan fingerprint density at radius 3 is 2.48 bits per heavy atom. The highest BCUT2D eigenvalue weighted by Gasteiger charge is 2.14. The zero-order valence-corrected chi connectivity index (χ0v) is 15.6. The molecule has 9 nitrogen and oxygen atoms in total. The van der Waals surface area contributed by atoms with Crippen LogP contribution < -0.4 is 20.1 Å². The molecule has 144 valence electrons. The summed E-state index contributed by atoms with van der Waals surface area (Å²) in [7, 11) is 2.92. The van der Waals surface area contributed by atoms with E-state index in [4.69, 9.17) is 25.8 Å². The van der Waals surface area contributed by atoms with Crippen molar-refractivity contribution in [2.24, 2.45) is 0 Å². The smallest absolute Gasteiger partial charge is 0.308 e. The van der Waals surface area contributed by atoms with Gasteiger partial charge >= 0.3 is 5.97 Å². The van der Waals surface area contributed by atoms with Crippen LogP contribution in [0.2, 0.25) is 5.02 Å². The number of aromatic nitrogens is 2. The van der Waals surface area contributed by atoms with Gasteiger partial charge in [0.25, 0.3) is 5.91 Å². The number of benzene rings is 1. The summed E-state index contributed by atoms with van der Waals surface area (Å²) in [6.07, 6.45) is 3.22. The molecular formula is C17H19ClN4O5. The number of amides is 1. The van der Waals surface area contributed by atoms with E-state index < -0.39 is 18.5 Å². The molecule has 0 saturated carbocycles. The number of methoxy groups -OCH3 is 2. The predicted octanol–water partition coefficient (Wildman–Crippen LogP) is 2.13. The van der Waals surface area contributed by atoms with Crippen LogP contribution in [0.4, 0.5) is 11.6 Å². The van der Waals surface area contributed by atoms with E-state index in [1.807, 2.05) is 0 Å². The predicted molar refractivity (Wildman–Crippen MR) is 99.3 cm³/mol. The van der Waals surface area contributed by atoms with Crippen molar-refractivity contribution in [2.75, 3.05) is 38.0 Å². The largest absolute Gasteiger partial charge is 0.495 e. The van der Waals surface area contributed by atoms with Gasteiger partial charge in [0.2, 0.25) is 5.95 Å². The highest BCUT2D eigenvalue weighted by atomic mass is 35.5. The van der Waals surface area contributed by atoms with E-state index in [1.165, 1.54) is 20.3 Å². The maximum atomic E-state index is 12.0. The second kappa shape index (κ2) is 10.2. The Bertz CT molecular complexity index is 788. The number of halogens is 1. The van der Waals surface area contributed by atoms with Crippen molar-refractivity contribution in [3.05, 3.63) is 35.6 Å². The van der Waals surface area contributed by atoms with Gasteiger partial charge in [-0.25, -0.2) is 9.97 Å². The first-order valence-corrected chi connectivity index (χ1v) is 8.29. The van der Waals surface area contributed by atoms with Crippen molar-refractivity contribution in [3.8, 4) is 11.5 Å². The molecule has 0 bridgehead atoms. The standard InChI is InChI=1S/C17H19ClN4O5/c1-25-13-9-14(26-2)12(8-11(13)18)22-15(23)10-27-16(24)4-7-21-17-19-5-3-6-20-17/h3,5-6,8-9H,4,7,10H2,1-2H3,(H,22,23)(H,19,20,21). The molecule has 27 heavy (non-hydrogen) atoms. The highest BCUT2D eigenvalue weighted by Crippen LogP contribution is 2.35. The number of carbonyl (C=O) groups excluding carboxylic acids is 2. The Kier molecular flexibility index (Phi) is 7.63. The molecule has 0 radical (unpaired) electrons. The fourth-order valence-electron chi connectivity index (χ4n) is 2.03. The number of carbonyl (C=O) groups is 2. The Morgan fingerprint density at radius 2 is 1.81 bits per heavy atom. The number of hydrogen-bond donors (Lipinski definition) is 2. The summed E-state index contributed by atoms with van der Waals surface area (Å²) in [5.41, 5.74) is 0.340. The average Bonchev–Trinajstić information content (AvgIpc) is 2.67. The van der Waals surface area contributed by atoms with Crippen LogP contribution in [0.1, 0.15) is 6.42 Å². The minimum absolute atomic E-state index is 0.0587. The SMILES string of the molecule is COc1cc(OC)c(NC(=O)COC(=O)CCNc2ncccn2)cc1Cl. The molecule has 0 fully saturated rings. The second-order valence-electron chi connectivity index (χ2n) is 5.15. The van der Waals surface area contributed by atoms with Crippen LogP contribution in [0, 0.1) is 0 Å². The summed E-state index contributed by atoms with van der Waals surface area (Å²) in [4.78, 5) is 31.6. The molecule has 1 aromatic heterocycles. The maximum absolute atomic E-state index is 12.0. The monoisotopic (exact) mass is 394 g/mol. The molecule has 0 aliphatic rings. The van der Waals surface area contributed by atoms with Crippen molar-refractivity contribution >= 4 is 35.1 Å². The van der Waals surface area contributed by atoms with Crippen molar-refractivity contribution in [3.63, 3.8) is 0 Å². The third-order valence-corrected chi connectivity index (χ3v) is 3.59. The highest BCUT2D eigenvalue weighted by molar-refractivity contribution is 6.32. The summed E-state index contributed by atoms with van der Waals surface area (Å²) < 4.78 is 15.2. The van der Waals surface area contributed by atoms with Gasteiger partial charge in [-0.2, -0.15) is 0 Å². The normalized spacial score (nSPS) is 10.0. The molecule has 0 spiro atoms. The lowest BCUT2D eigenvalue weighted by Crippen LogP contribution is -2.22. The minimum Gasteiger partial charge on any atom is -0.495 e. The van der Waals surface area contributed by atoms with Gasteiger partial charge in [-0.3, -0.25) is 9.59 Å². The lowest BCUT2D eigenvalue weighted by molar-refractivity contribution is -0.147. The Labute approximate surface area is 161 Å². The fourth-order valence-corrected chi connectivity index (χ4v) is 2.27. The molecule has 1 aromatic carbocycles. The molecule has 0 aliphatic heterocycles.